The van der Waals surface area contributed by atoms with Crippen LogP contribution in [-0.2, 0) is 16.0 Å². The lowest BCUT2D eigenvalue weighted by molar-refractivity contribution is -0.142. The summed E-state index contributed by atoms with van der Waals surface area (Å²) in [6.45, 7) is 2.17. The Balaban J connectivity index is 2.22. The van der Waals surface area contributed by atoms with Crippen LogP contribution in [-0.4, -0.2) is 24.1 Å². The number of esters is 1. The van der Waals surface area contributed by atoms with Crippen molar-refractivity contribution >= 4 is 35.6 Å². The number of rotatable bonds is 3. The van der Waals surface area contributed by atoms with E-state index in [1.165, 1.54) is 11.8 Å². The zero-order chi connectivity index (χ0) is 12.4. The summed E-state index contributed by atoms with van der Waals surface area (Å²) in [4.78, 5) is 23.3. The zero-order valence-electron chi connectivity index (χ0n) is 9.23. The van der Waals surface area contributed by atoms with E-state index < -0.39 is 0 Å². The molecule has 1 aliphatic heterocycles. The van der Waals surface area contributed by atoms with Crippen molar-refractivity contribution in [1.82, 2.24) is 0 Å². The van der Waals surface area contributed by atoms with Gasteiger partial charge in [0.2, 0.25) is 0 Å². The van der Waals surface area contributed by atoms with Crippen LogP contribution in [0.15, 0.2) is 17.0 Å². The molecule has 0 amide bonds. The van der Waals surface area contributed by atoms with Gasteiger partial charge in [-0.2, -0.15) is 0 Å². The topological polar surface area (TPSA) is 43.4 Å². The van der Waals surface area contributed by atoms with Gasteiger partial charge in [-0.3, -0.25) is 9.59 Å². The minimum Gasteiger partial charge on any atom is -0.465 e. The molecule has 2 rings (SSSR count). The summed E-state index contributed by atoms with van der Waals surface area (Å²) in [7, 11) is 0. The molecule has 1 unspecified atom stereocenters. The third-order valence-corrected chi connectivity index (χ3v) is 4.14. The number of ether oxygens (including phenoxy) is 1. The summed E-state index contributed by atoms with van der Waals surface area (Å²) in [6.07, 6.45) is 1.32. The minimum atomic E-state index is -0.220. The summed E-state index contributed by atoms with van der Waals surface area (Å²) >= 11 is 7.38. The summed E-state index contributed by atoms with van der Waals surface area (Å²) in [5, 5.41) is 0.207. The van der Waals surface area contributed by atoms with Gasteiger partial charge in [-0.1, -0.05) is 11.6 Å². The first-order valence-corrected chi connectivity index (χ1v) is 6.52. The lowest BCUT2D eigenvalue weighted by Crippen LogP contribution is -2.19. The molecule has 0 radical (unpaired) electrons. The van der Waals surface area contributed by atoms with Crippen LogP contribution in [0.3, 0.4) is 0 Å². The number of hydrogen-bond acceptors (Lipinski definition) is 4. The summed E-state index contributed by atoms with van der Waals surface area (Å²) in [5.41, 5.74) is 1.45. The molecule has 5 heteroatoms. The molecule has 0 N–H and O–H groups in total. The van der Waals surface area contributed by atoms with E-state index in [4.69, 9.17) is 16.3 Å². The SMILES string of the molecule is CCOC(=O)C1Cc2cc(C=O)c(Cl)cc2S1. The second kappa shape index (κ2) is 5.10. The van der Waals surface area contributed by atoms with Crippen LogP contribution in [0.25, 0.3) is 0 Å². The van der Waals surface area contributed by atoms with Gasteiger partial charge in [0.15, 0.2) is 6.29 Å². The fourth-order valence-electron chi connectivity index (χ4n) is 1.74. The van der Waals surface area contributed by atoms with E-state index in [9.17, 15) is 9.59 Å². The van der Waals surface area contributed by atoms with Gasteiger partial charge in [0, 0.05) is 10.5 Å². The molecule has 1 atom stereocenters. The Morgan fingerprint density at radius 1 is 1.65 bits per heavy atom. The van der Waals surface area contributed by atoms with Gasteiger partial charge in [-0.05, 0) is 31.0 Å². The van der Waals surface area contributed by atoms with Crippen LogP contribution < -0.4 is 0 Å². The summed E-state index contributed by atoms with van der Waals surface area (Å²) in [6, 6.07) is 3.49. The maximum atomic E-state index is 11.6. The van der Waals surface area contributed by atoms with Crippen molar-refractivity contribution in [3.63, 3.8) is 0 Å². The van der Waals surface area contributed by atoms with E-state index in [1.807, 2.05) is 0 Å². The van der Waals surface area contributed by atoms with E-state index in [2.05, 4.69) is 0 Å². The molecule has 0 aromatic heterocycles. The van der Waals surface area contributed by atoms with Crippen LogP contribution in [0, 0.1) is 0 Å². The fraction of sp³-hybridized carbons (Fsp3) is 0.333. The number of fused-ring (bicyclic) bond motifs is 1. The molecule has 0 fully saturated rings. The predicted octanol–water partition coefficient (Wildman–Crippen LogP) is 2.73. The first-order chi connectivity index (χ1) is 8.15. The number of halogens is 1. The standard InChI is InChI=1S/C12H11ClO3S/c1-2-16-12(15)11-4-7-3-8(6-14)9(13)5-10(7)17-11/h3,5-6,11H,2,4H2,1H3. The molecule has 0 bridgehead atoms. The van der Waals surface area contributed by atoms with Crippen LogP contribution in [0.2, 0.25) is 5.02 Å². The van der Waals surface area contributed by atoms with Gasteiger partial charge in [0.1, 0.15) is 5.25 Å². The molecule has 90 valence electrons. The van der Waals surface area contributed by atoms with E-state index in [0.29, 0.717) is 23.6 Å². The second-order valence-electron chi connectivity index (χ2n) is 3.66. The smallest absolute Gasteiger partial charge is 0.319 e. The van der Waals surface area contributed by atoms with Crippen molar-refractivity contribution in [1.29, 1.82) is 0 Å². The third-order valence-electron chi connectivity index (χ3n) is 2.53. The fourth-order valence-corrected chi connectivity index (χ4v) is 3.23. The van der Waals surface area contributed by atoms with Crippen molar-refractivity contribution in [3.8, 4) is 0 Å². The molecule has 0 saturated heterocycles. The number of aldehydes is 1. The molecule has 0 spiro atoms. The first-order valence-electron chi connectivity index (χ1n) is 5.26. The molecule has 1 aromatic rings. The number of thioether (sulfide) groups is 1. The lowest BCUT2D eigenvalue weighted by atomic mass is 10.1. The number of carbonyl (C=O) groups excluding carboxylic acids is 2. The quantitative estimate of drug-likeness (QED) is 0.626. The van der Waals surface area contributed by atoms with Gasteiger partial charge in [0.25, 0.3) is 0 Å². The van der Waals surface area contributed by atoms with Crippen molar-refractivity contribution < 1.29 is 14.3 Å². The van der Waals surface area contributed by atoms with Crippen molar-refractivity contribution in [2.45, 2.75) is 23.5 Å². The van der Waals surface area contributed by atoms with Gasteiger partial charge < -0.3 is 4.74 Å². The zero-order valence-corrected chi connectivity index (χ0v) is 10.8. The summed E-state index contributed by atoms with van der Waals surface area (Å²) in [5.74, 6) is -0.211. The highest BCUT2D eigenvalue weighted by Gasteiger charge is 2.30. The molecule has 17 heavy (non-hydrogen) atoms. The van der Waals surface area contributed by atoms with E-state index in [0.717, 1.165) is 16.7 Å². The highest BCUT2D eigenvalue weighted by molar-refractivity contribution is 8.01. The highest BCUT2D eigenvalue weighted by atomic mass is 35.5. The lowest BCUT2D eigenvalue weighted by Gasteiger charge is -2.06. The monoisotopic (exact) mass is 270 g/mol. The number of carbonyl (C=O) groups is 2. The molecule has 1 aromatic carbocycles. The maximum absolute atomic E-state index is 11.6. The van der Waals surface area contributed by atoms with Crippen LogP contribution in [0.5, 0.6) is 0 Å². The molecular weight excluding hydrogens is 260 g/mol. The Bertz CT molecular complexity index is 473. The van der Waals surface area contributed by atoms with E-state index >= 15 is 0 Å². The average molecular weight is 271 g/mol. The molecule has 0 saturated carbocycles. The van der Waals surface area contributed by atoms with Crippen LogP contribution in [0.1, 0.15) is 22.8 Å². The van der Waals surface area contributed by atoms with Crippen molar-refractivity contribution in [3.05, 3.63) is 28.3 Å². The van der Waals surface area contributed by atoms with E-state index in [-0.39, 0.29) is 11.2 Å². The highest BCUT2D eigenvalue weighted by Crippen LogP contribution is 2.39. The molecule has 1 aliphatic rings. The Morgan fingerprint density at radius 3 is 3.06 bits per heavy atom. The third kappa shape index (κ3) is 2.48. The van der Waals surface area contributed by atoms with Gasteiger partial charge in [-0.15, -0.1) is 11.8 Å². The average Bonchev–Trinajstić information content (AvgIpc) is 2.71. The van der Waals surface area contributed by atoms with Crippen molar-refractivity contribution in [2.24, 2.45) is 0 Å². The first kappa shape index (κ1) is 12.5. The Hall–Kier alpha value is -1.000. The Morgan fingerprint density at radius 2 is 2.41 bits per heavy atom. The minimum absolute atomic E-state index is 0.211. The molecule has 0 aliphatic carbocycles. The van der Waals surface area contributed by atoms with Gasteiger partial charge >= 0.3 is 5.97 Å². The van der Waals surface area contributed by atoms with Crippen LogP contribution in [0.4, 0.5) is 0 Å². The molecule has 3 nitrogen and oxygen atoms in total. The maximum Gasteiger partial charge on any atom is 0.319 e. The van der Waals surface area contributed by atoms with Crippen LogP contribution >= 0.6 is 23.4 Å². The number of hydrogen-bond donors (Lipinski definition) is 0. The largest absolute Gasteiger partial charge is 0.465 e. The predicted molar refractivity (Wildman–Crippen MR) is 66.8 cm³/mol. The van der Waals surface area contributed by atoms with Gasteiger partial charge in [0.05, 0.1) is 11.6 Å². The van der Waals surface area contributed by atoms with E-state index in [1.54, 1.807) is 19.1 Å². The molecular formula is C12H11ClO3S. The van der Waals surface area contributed by atoms with Gasteiger partial charge in [-0.25, -0.2) is 0 Å². The second-order valence-corrected chi connectivity index (χ2v) is 5.31. The Labute approximate surface area is 108 Å². The van der Waals surface area contributed by atoms with Crippen molar-refractivity contribution in [2.75, 3.05) is 6.61 Å². The Kier molecular flexibility index (Phi) is 3.74. The normalized spacial score (nSPS) is 17.6. The number of benzene rings is 1. The molecule has 1 heterocycles. The summed E-state index contributed by atoms with van der Waals surface area (Å²) < 4.78 is 4.98.